The molecule has 2 aromatic carbocycles. The van der Waals surface area contributed by atoms with Crippen LogP contribution < -0.4 is 5.32 Å². The van der Waals surface area contributed by atoms with Crippen molar-refractivity contribution in [3.8, 4) is 0 Å². The molecule has 5 nitrogen and oxygen atoms in total. The van der Waals surface area contributed by atoms with E-state index in [1.807, 2.05) is 65.7 Å². The van der Waals surface area contributed by atoms with E-state index in [0.29, 0.717) is 17.7 Å². The van der Waals surface area contributed by atoms with Crippen LogP contribution in [0, 0.1) is 0 Å². The molecule has 0 bridgehead atoms. The number of rotatable bonds is 7. The number of likely N-dealkylation sites (tertiary alicyclic amines) is 1. The normalized spacial score (nSPS) is 13.6. The van der Waals surface area contributed by atoms with Gasteiger partial charge in [-0.25, -0.2) is 0 Å². The van der Waals surface area contributed by atoms with Gasteiger partial charge >= 0.3 is 0 Å². The summed E-state index contributed by atoms with van der Waals surface area (Å²) in [5, 5.41) is 2.96. The van der Waals surface area contributed by atoms with Gasteiger partial charge in [0.2, 0.25) is 0 Å². The minimum absolute atomic E-state index is 0.0808. The molecule has 6 heteroatoms. The van der Waals surface area contributed by atoms with Crippen molar-refractivity contribution in [1.82, 2.24) is 15.2 Å². The van der Waals surface area contributed by atoms with E-state index in [1.54, 1.807) is 18.0 Å². The smallest absolute Gasteiger partial charge is 0.253 e. The van der Waals surface area contributed by atoms with Crippen LogP contribution in [0.3, 0.4) is 0 Å². The monoisotopic (exact) mass is 445 g/mol. The third-order valence-corrected chi connectivity index (χ3v) is 6.60. The van der Waals surface area contributed by atoms with Gasteiger partial charge in [-0.15, -0.1) is 11.8 Å². The van der Waals surface area contributed by atoms with Crippen LogP contribution in [-0.2, 0) is 12.3 Å². The number of benzene rings is 2. The van der Waals surface area contributed by atoms with Gasteiger partial charge < -0.3 is 10.2 Å². The molecular formula is C26H27N3O2S. The van der Waals surface area contributed by atoms with Crippen molar-refractivity contribution < 1.29 is 9.59 Å². The lowest BCUT2D eigenvalue weighted by Gasteiger charge is -2.26. The number of carbonyl (C=O) groups is 2. The van der Waals surface area contributed by atoms with Crippen molar-refractivity contribution in [3.05, 3.63) is 95.3 Å². The van der Waals surface area contributed by atoms with Crippen molar-refractivity contribution >= 4 is 23.6 Å². The fourth-order valence-electron chi connectivity index (χ4n) is 3.73. The molecule has 0 unspecified atom stereocenters. The second kappa shape index (κ2) is 11.0. The Labute approximate surface area is 193 Å². The maximum absolute atomic E-state index is 12.7. The topological polar surface area (TPSA) is 62.3 Å². The van der Waals surface area contributed by atoms with Gasteiger partial charge in [-0.1, -0.05) is 18.2 Å². The minimum Gasteiger partial charge on any atom is -0.348 e. The van der Waals surface area contributed by atoms with Crippen molar-refractivity contribution in [2.24, 2.45) is 0 Å². The number of nitrogens with zero attached hydrogens (tertiary/aromatic N) is 2. The molecule has 0 saturated carbocycles. The first kappa shape index (κ1) is 22.1. The third kappa shape index (κ3) is 5.98. The molecule has 164 valence electrons. The van der Waals surface area contributed by atoms with E-state index in [9.17, 15) is 9.59 Å². The maximum atomic E-state index is 12.7. The van der Waals surface area contributed by atoms with E-state index in [1.165, 1.54) is 12.0 Å². The van der Waals surface area contributed by atoms with Gasteiger partial charge in [0.1, 0.15) is 0 Å². The Kier molecular flexibility index (Phi) is 7.56. The van der Waals surface area contributed by atoms with Crippen LogP contribution in [0.15, 0.2) is 78.0 Å². The molecule has 3 aromatic rings. The molecule has 1 aliphatic heterocycles. The summed E-state index contributed by atoms with van der Waals surface area (Å²) in [5.74, 6) is 0.796. The Hall–Kier alpha value is -3.12. The molecule has 1 aromatic heterocycles. The zero-order valence-corrected chi connectivity index (χ0v) is 18.8. The van der Waals surface area contributed by atoms with Crippen molar-refractivity contribution in [1.29, 1.82) is 0 Å². The number of piperidine rings is 1. The molecule has 0 spiro atoms. The van der Waals surface area contributed by atoms with Crippen molar-refractivity contribution in [3.63, 3.8) is 0 Å². The minimum atomic E-state index is -0.124. The highest BCUT2D eigenvalue weighted by Gasteiger charge is 2.18. The molecular weight excluding hydrogens is 418 g/mol. The fraction of sp³-hybridized carbons (Fsp3) is 0.269. The first-order valence-corrected chi connectivity index (χ1v) is 12.0. The summed E-state index contributed by atoms with van der Waals surface area (Å²) in [5.41, 5.74) is 3.40. The Balaban J connectivity index is 1.30. The number of aromatic nitrogens is 1. The predicted octanol–water partition coefficient (Wildman–Crippen LogP) is 4.93. The SMILES string of the molecule is O=C(NCc1cccc(C(=O)N2CCCCC2)c1)c1ccc(SCc2cccnc2)cc1. The van der Waals surface area contributed by atoms with Crippen LogP contribution in [0.5, 0.6) is 0 Å². The summed E-state index contributed by atoms with van der Waals surface area (Å²) in [4.78, 5) is 32.5. The lowest BCUT2D eigenvalue weighted by Crippen LogP contribution is -2.35. The number of thioether (sulfide) groups is 1. The Morgan fingerprint density at radius 3 is 2.44 bits per heavy atom. The lowest BCUT2D eigenvalue weighted by molar-refractivity contribution is 0.0724. The molecule has 4 rings (SSSR count). The number of hydrogen-bond donors (Lipinski definition) is 1. The van der Waals surface area contributed by atoms with E-state index in [-0.39, 0.29) is 11.8 Å². The summed E-state index contributed by atoms with van der Waals surface area (Å²) < 4.78 is 0. The Morgan fingerprint density at radius 2 is 1.69 bits per heavy atom. The van der Waals surface area contributed by atoms with E-state index < -0.39 is 0 Å². The van der Waals surface area contributed by atoms with Crippen molar-refractivity contribution in [2.45, 2.75) is 36.5 Å². The number of hydrogen-bond acceptors (Lipinski definition) is 4. The average molecular weight is 446 g/mol. The molecule has 2 heterocycles. The number of pyridine rings is 1. The maximum Gasteiger partial charge on any atom is 0.253 e. The molecule has 32 heavy (non-hydrogen) atoms. The zero-order valence-electron chi connectivity index (χ0n) is 18.0. The van der Waals surface area contributed by atoms with Crippen LogP contribution in [-0.4, -0.2) is 34.8 Å². The van der Waals surface area contributed by atoms with Crippen molar-refractivity contribution in [2.75, 3.05) is 13.1 Å². The second-order valence-corrected chi connectivity index (χ2v) is 8.96. The molecule has 0 aliphatic carbocycles. The highest BCUT2D eigenvalue weighted by Crippen LogP contribution is 2.22. The number of nitrogens with one attached hydrogen (secondary N) is 1. The zero-order chi connectivity index (χ0) is 22.2. The van der Waals surface area contributed by atoms with Crippen LogP contribution >= 0.6 is 11.8 Å². The molecule has 1 fully saturated rings. The molecule has 1 N–H and O–H groups in total. The van der Waals surface area contributed by atoms with Crippen LogP contribution in [0.1, 0.15) is 51.1 Å². The third-order valence-electron chi connectivity index (χ3n) is 5.52. The van der Waals surface area contributed by atoms with Gasteiger partial charge in [0.25, 0.3) is 11.8 Å². The highest BCUT2D eigenvalue weighted by atomic mass is 32.2. The molecule has 0 radical (unpaired) electrons. The highest BCUT2D eigenvalue weighted by molar-refractivity contribution is 7.98. The lowest BCUT2D eigenvalue weighted by atomic mass is 10.1. The van der Waals surface area contributed by atoms with Gasteiger partial charge in [-0.3, -0.25) is 14.6 Å². The molecule has 1 saturated heterocycles. The first-order valence-electron chi connectivity index (χ1n) is 11.0. The van der Waals surface area contributed by atoms with Gasteiger partial charge in [-0.2, -0.15) is 0 Å². The van der Waals surface area contributed by atoms with E-state index in [4.69, 9.17) is 0 Å². The van der Waals surface area contributed by atoms with Gasteiger partial charge in [0.05, 0.1) is 0 Å². The van der Waals surface area contributed by atoms with Gasteiger partial charge in [0.15, 0.2) is 0 Å². The second-order valence-electron chi connectivity index (χ2n) is 7.91. The standard InChI is InChI=1S/C26H27N3O2S/c30-25(22-9-11-24(12-10-22)32-19-21-7-5-13-27-17-21)28-18-20-6-4-8-23(16-20)26(31)29-14-2-1-3-15-29/h4-13,16-17H,1-3,14-15,18-19H2,(H,28,30). The van der Waals surface area contributed by atoms with E-state index >= 15 is 0 Å². The quantitative estimate of drug-likeness (QED) is 0.524. The van der Waals surface area contributed by atoms with Gasteiger partial charge in [-0.05, 0) is 72.9 Å². The summed E-state index contributed by atoms with van der Waals surface area (Å²) in [6.07, 6.45) is 6.97. The number of carbonyl (C=O) groups excluding carboxylic acids is 2. The first-order chi connectivity index (χ1) is 15.7. The molecule has 2 amide bonds. The van der Waals surface area contributed by atoms with E-state index in [0.717, 1.165) is 42.1 Å². The summed E-state index contributed by atoms with van der Waals surface area (Å²) in [7, 11) is 0. The summed E-state index contributed by atoms with van der Waals surface area (Å²) in [6, 6.07) is 19.2. The summed E-state index contributed by atoms with van der Waals surface area (Å²) >= 11 is 1.71. The van der Waals surface area contributed by atoms with Crippen LogP contribution in [0.25, 0.3) is 0 Å². The fourth-order valence-corrected chi connectivity index (χ4v) is 4.56. The predicted molar refractivity (Wildman–Crippen MR) is 128 cm³/mol. The molecule has 0 atom stereocenters. The van der Waals surface area contributed by atoms with Crippen LogP contribution in [0.4, 0.5) is 0 Å². The Bertz CT molecular complexity index is 1050. The van der Waals surface area contributed by atoms with E-state index in [2.05, 4.69) is 16.4 Å². The number of amides is 2. The largest absolute Gasteiger partial charge is 0.348 e. The Morgan fingerprint density at radius 1 is 0.906 bits per heavy atom. The summed E-state index contributed by atoms with van der Waals surface area (Å²) in [6.45, 7) is 2.05. The van der Waals surface area contributed by atoms with Crippen LogP contribution in [0.2, 0.25) is 0 Å². The van der Waals surface area contributed by atoms with Gasteiger partial charge in [0, 0.05) is 53.8 Å². The average Bonchev–Trinajstić information content (AvgIpc) is 2.87. The molecule has 1 aliphatic rings.